The van der Waals surface area contributed by atoms with E-state index in [1.165, 1.54) is 49.4 Å². The van der Waals surface area contributed by atoms with Crippen LogP contribution in [0.5, 0.6) is 0 Å². The molecule has 3 rings (SSSR count). The molecule has 0 amide bonds. The fraction of sp³-hybridized carbons (Fsp3) is 0.769. The zero-order valence-electron chi connectivity index (χ0n) is 10.9. The molecule has 0 aromatic heterocycles. The summed E-state index contributed by atoms with van der Waals surface area (Å²) in [5.74, 6) is 0. The Labute approximate surface area is 124 Å². The molecule has 0 spiro atoms. The van der Waals surface area contributed by atoms with Crippen LogP contribution in [0.3, 0.4) is 0 Å². The average molecular weight is 301 g/mol. The molecule has 2 nitrogen and oxygen atoms in total. The predicted octanol–water partition coefficient (Wildman–Crippen LogP) is 3.50. The van der Waals surface area contributed by atoms with Crippen molar-refractivity contribution in [1.82, 2.24) is 9.80 Å². The Morgan fingerprint density at radius 2 is 2.00 bits per heavy atom. The molecule has 1 unspecified atom stereocenters. The van der Waals surface area contributed by atoms with E-state index in [4.69, 9.17) is 12.2 Å². The first-order valence-electron chi connectivity index (χ1n) is 6.81. The van der Waals surface area contributed by atoms with E-state index in [9.17, 15) is 0 Å². The predicted molar refractivity (Wildman–Crippen MR) is 85.9 cm³/mol. The van der Waals surface area contributed by atoms with Crippen LogP contribution in [0.15, 0.2) is 9.81 Å². The van der Waals surface area contributed by atoms with Gasteiger partial charge in [0.1, 0.15) is 10.5 Å². The first kappa shape index (κ1) is 13.3. The van der Waals surface area contributed by atoms with Gasteiger partial charge in [-0.15, -0.1) is 11.8 Å². The van der Waals surface area contributed by atoms with Crippen molar-refractivity contribution >= 4 is 40.1 Å². The van der Waals surface area contributed by atoms with Crippen molar-refractivity contribution in [3.8, 4) is 0 Å². The third-order valence-corrected chi connectivity index (χ3v) is 6.77. The van der Waals surface area contributed by atoms with Crippen molar-refractivity contribution in [1.29, 1.82) is 0 Å². The fourth-order valence-electron chi connectivity index (χ4n) is 3.24. The molecule has 0 N–H and O–H groups in total. The Balaban J connectivity index is 1.99. The number of rotatable bonds is 1. The first-order chi connectivity index (χ1) is 8.81. The summed E-state index contributed by atoms with van der Waals surface area (Å²) in [6.45, 7) is 3.65. The molecule has 0 aromatic carbocycles. The molecular formula is C13H20N2S3. The molecule has 100 valence electrons. The minimum atomic E-state index is 0.496. The minimum Gasteiger partial charge on any atom is -0.338 e. The lowest BCUT2D eigenvalue weighted by Gasteiger charge is -2.49. The van der Waals surface area contributed by atoms with Gasteiger partial charge in [-0.3, -0.25) is 4.90 Å². The van der Waals surface area contributed by atoms with Gasteiger partial charge < -0.3 is 4.90 Å². The van der Waals surface area contributed by atoms with E-state index in [1.807, 2.05) is 23.5 Å². The topological polar surface area (TPSA) is 6.48 Å². The third kappa shape index (κ3) is 2.35. The SMILES string of the molecule is CSC1=C2CCCCCN3CCCN(C(=S)S1)C23. The standard InChI is InChI=1S/C13H20N2S3/c1-17-12-10-6-3-2-4-7-14-8-5-9-15(11(10)14)13(16)18-12/h11H,2-9H2,1H3. The van der Waals surface area contributed by atoms with Crippen LogP contribution in [0.4, 0.5) is 0 Å². The van der Waals surface area contributed by atoms with E-state index < -0.39 is 0 Å². The summed E-state index contributed by atoms with van der Waals surface area (Å²) in [6.07, 6.45) is 9.30. The lowest BCUT2D eigenvalue weighted by Crippen LogP contribution is -2.57. The monoisotopic (exact) mass is 300 g/mol. The Morgan fingerprint density at radius 1 is 1.17 bits per heavy atom. The van der Waals surface area contributed by atoms with Gasteiger partial charge in [0.2, 0.25) is 0 Å². The summed E-state index contributed by atoms with van der Waals surface area (Å²) in [4.78, 5) is 5.14. The number of thioether (sulfide) groups is 2. The quantitative estimate of drug-likeness (QED) is 0.682. The second kappa shape index (κ2) is 5.73. The third-order valence-electron chi connectivity index (χ3n) is 4.05. The van der Waals surface area contributed by atoms with Gasteiger partial charge in [-0.1, -0.05) is 30.4 Å². The molecular weight excluding hydrogens is 280 g/mol. The van der Waals surface area contributed by atoms with Crippen LogP contribution in [-0.4, -0.2) is 46.2 Å². The highest BCUT2D eigenvalue weighted by Gasteiger charge is 2.38. The van der Waals surface area contributed by atoms with Crippen molar-refractivity contribution in [2.75, 3.05) is 25.9 Å². The van der Waals surface area contributed by atoms with Crippen molar-refractivity contribution in [3.63, 3.8) is 0 Å². The molecule has 0 saturated carbocycles. The van der Waals surface area contributed by atoms with E-state index in [-0.39, 0.29) is 0 Å². The lowest BCUT2D eigenvalue weighted by molar-refractivity contribution is 0.0707. The summed E-state index contributed by atoms with van der Waals surface area (Å²) in [5.41, 5.74) is 1.65. The van der Waals surface area contributed by atoms with Gasteiger partial charge in [-0.25, -0.2) is 0 Å². The molecule has 0 radical (unpaired) electrons. The van der Waals surface area contributed by atoms with Crippen molar-refractivity contribution < 1.29 is 0 Å². The van der Waals surface area contributed by atoms with E-state index >= 15 is 0 Å². The summed E-state index contributed by atoms with van der Waals surface area (Å²) in [5, 5.41) is 0. The van der Waals surface area contributed by atoms with Crippen molar-refractivity contribution in [3.05, 3.63) is 9.81 Å². The fourth-order valence-corrected chi connectivity index (χ4v) is 5.68. The average Bonchev–Trinajstić information content (AvgIpc) is 2.37. The zero-order valence-corrected chi connectivity index (χ0v) is 13.3. The van der Waals surface area contributed by atoms with Crippen LogP contribution in [0.25, 0.3) is 0 Å². The van der Waals surface area contributed by atoms with E-state index in [1.54, 1.807) is 5.57 Å². The van der Waals surface area contributed by atoms with Crippen LogP contribution in [0.2, 0.25) is 0 Å². The summed E-state index contributed by atoms with van der Waals surface area (Å²) in [6, 6.07) is 0. The molecule has 2 saturated heterocycles. The van der Waals surface area contributed by atoms with Gasteiger partial charge in [-0.2, -0.15) is 0 Å². The molecule has 5 heteroatoms. The Kier molecular flexibility index (Phi) is 4.23. The first-order valence-corrected chi connectivity index (χ1v) is 9.26. The molecule has 1 atom stereocenters. The molecule has 18 heavy (non-hydrogen) atoms. The summed E-state index contributed by atoms with van der Waals surface area (Å²) < 4.78 is 2.58. The number of hydrogen-bond donors (Lipinski definition) is 0. The normalized spacial score (nSPS) is 29.9. The molecule has 3 aliphatic rings. The van der Waals surface area contributed by atoms with Crippen LogP contribution >= 0.6 is 35.7 Å². The smallest absolute Gasteiger partial charge is 0.143 e. The Hall–Kier alpha value is 0.290. The van der Waals surface area contributed by atoms with E-state index in [0.717, 1.165) is 10.9 Å². The van der Waals surface area contributed by atoms with Crippen LogP contribution < -0.4 is 0 Å². The van der Waals surface area contributed by atoms with Gasteiger partial charge in [0, 0.05) is 23.9 Å². The van der Waals surface area contributed by atoms with Gasteiger partial charge >= 0.3 is 0 Å². The highest BCUT2D eigenvalue weighted by Crippen LogP contribution is 2.44. The molecule has 3 aliphatic heterocycles. The van der Waals surface area contributed by atoms with Crippen LogP contribution in [-0.2, 0) is 0 Å². The maximum Gasteiger partial charge on any atom is 0.143 e. The maximum absolute atomic E-state index is 5.62. The van der Waals surface area contributed by atoms with Gasteiger partial charge in [-0.05, 0) is 37.5 Å². The second-order valence-electron chi connectivity index (χ2n) is 5.15. The molecule has 0 aliphatic carbocycles. The minimum absolute atomic E-state index is 0.496. The molecule has 0 bridgehead atoms. The molecule has 2 fully saturated rings. The highest BCUT2D eigenvalue weighted by molar-refractivity contribution is 8.34. The number of nitrogens with zero attached hydrogens (tertiary/aromatic N) is 2. The molecule has 0 aromatic rings. The largest absolute Gasteiger partial charge is 0.338 e. The number of hydrogen-bond acceptors (Lipinski definition) is 4. The van der Waals surface area contributed by atoms with Crippen molar-refractivity contribution in [2.45, 2.75) is 38.3 Å². The van der Waals surface area contributed by atoms with Crippen LogP contribution in [0.1, 0.15) is 32.1 Å². The Morgan fingerprint density at radius 3 is 2.83 bits per heavy atom. The highest BCUT2D eigenvalue weighted by atomic mass is 32.2. The van der Waals surface area contributed by atoms with Gasteiger partial charge in [0.05, 0.1) is 0 Å². The lowest BCUT2D eigenvalue weighted by atomic mass is 9.99. The Bertz CT molecular complexity index is 380. The summed E-state index contributed by atoms with van der Waals surface area (Å²) in [7, 11) is 0. The van der Waals surface area contributed by atoms with Gasteiger partial charge in [0.25, 0.3) is 0 Å². The number of thiocarbonyl (C=S) groups is 1. The second-order valence-corrected chi connectivity index (χ2v) is 7.87. The van der Waals surface area contributed by atoms with E-state index in [0.29, 0.717) is 6.17 Å². The molecule has 3 heterocycles. The van der Waals surface area contributed by atoms with Crippen molar-refractivity contribution in [2.24, 2.45) is 0 Å². The van der Waals surface area contributed by atoms with Gasteiger partial charge in [0.15, 0.2) is 0 Å². The summed E-state index contributed by atoms with van der Waals surface area (Å²) >= 11 is 9.34. The van der Waals surface area contributed by atoms with E-state index in [2.05, 4.69) is 16.1 Å². The zero-order chi connectivity index (χ0) is 12.5. The maximum atomic E-state index is 5.62. The van der Waals surface area contributed by atoms with Crippen LogP contribution in [0, 0.1) is 0 Å².